The summed E-state index contributed by atoms with van der Waals surface area (Å²) in [6, 6.07) is 7.86. The maximum Gasteiger partial charge on any atom is 0.150 e. The van der Waals surface area contributed by atoms with Gasteiger partial charge in [-0.3, -0.25) is 0 Å². The molecule has 1 aromatic rings. The minimum atomic E-state index is -2.90. The third-order valence-electron chi connectivity index (χ3n) is 3.60. The molecule has 0 aliphatic carbocycles. The minimum Gasteiger partial charge on any atom is -0.491 e. The lowest BCUT2D eigenvalue weighted by molar-refractivity contribution is 0.181. The number of benzene rings is 1. The third kappa shape index (κ3) is 3.70. The van der Waals surface area contributed by atoms with E-state index >= 15 is 0 Å². The molecule has 1 heterocycles. The minimum absolute atomic E-state index is 0.198. The van der Waals surface area contributed by atoms with Crippen LogP contribution in [-0.2, 0) is 16.3 Å². The molecule has 0 amide bonds. The molecule has 0 saturated carbocycles. The lowest BCUT2D eigenvalue weighted by Gasteiger charge is -2.34. The van der Waals surface area contributed by atoms with Crippen molar-refractivity contribution < 1.29 is 13.2 Å². The number of para-hydroxylation sites is 1. The van der Waals surface area contributed by atoms with Crippen LogP contribution in [0, 0.1) is 0 Å². The third-order valence-corrected chi connectivity index (χ3v) is 5.39. The molecular formula is C14H21NO3S. The smallest absolute Gasteiger partial charge is 0.150 e. The van der Waals surface area contributed by atoms with Crippen LogP contribution in [0.5, 0.6) is 5.75 Å². The zero-order chi connectivity index (χ0) is 13.9. The predicted octanol–water partition coefficient (Wildman–Crippen LogP) is 1.53. The second-order valence-corrected chi connectivity index (χ2v) is 7.75. The molecule has 19 heavy (non-hydrogen) atoms. The predicted molar refractivity (Wildman–Crippen MR) is 76.1 cm³/mol. The SMILES string of the molecule is CCS(=O)(=O)CCCC1(N)COc2ccccc2C1. The summed E-state index contributed by atoms with van der Waals surface area (Å²) in [5, 5.41) is 0. The van der Waals surface area contributed by atoms with Crippen LogP contribution in [0.1, 0.15) is 25.3 Å². The van der Waals surface area contributed by atoms with Crippen LogP contribution in [0.15, 0.2) is 24.3 Å². The Labute approximate surface area is 114 Å². The van der Waals surface area contributed by atoms with Gasteiger partial charge in [-0.1, -0.05) is 25.1 Å². The van der Waals surface area contributed by atoms with Crippen molar-refractivity contribution in [3.05, 3.63) is 29.8 Å². The van der Waals surface area contributed by atoms with Crippen LogP contribution < -0.4 is 10.5 Å². The summed E-state index contributed by atoms with van der Waals surface area (Å²) >= 11 is 0. The first-order valence-corrected chi connectivity index (χ1v) is 8.46. The summed E-state index contributed by atoms with van der Waals surface area (Å²) in [4.78, 5) is 0. The monoisotopic (exact) mass is 283 g/mol. The van der Waals surface area contributed by atoms with Crippen molar-refractivity contribution in [2.45, 2.75) is 31.7 Å². The molecule has 2 N–H and O–H groups in total. The van der Waals surface area contributed by atoms with Crippen molar-refractivity contribution >= 4 is 9.84 Å². The molecule has 2 rings (SSSR count). The van der Waals surface area contributed by atoms with Crippen molar-refractivity contribution in [1.82, 2.24) is 0 Å². The van der Waals surface area contributed by atoms with E-state index in [9.17, 15) is 8.42 Å². The van der Waals surface area contributed by atoms with Crippen LogP contribution in [0.25, 0.3) is 0 Å². The topological polar surface area (TPSA) is 69.4 Å². The maximum absolute atomic E-state index is 11.5. The number of sulfone groups is 1. The van der Waals surface area contributed by atoms with E-state index in [1.807, 2.05) is 24.3 Å². The largest absolute Gasteiger partial charge is 0.491 e. The number of hydrogen-bond acceptors (Lipinski definition) is 4. The second-order valence-electron chi connectivity index (χ2n) is 5.28. The van der Waals surface area contributed by atoms with E-state index in [0.29, 0.717) is 19.4 Å². The molecule has 1 unspecified atom stereocenters. The molecule has 0 saturated heterocycles. The Hall–Kier alpha value is -1.07. The number of fused-ring (bicyclic) bond motifs is 1. The number of rotatable bonds is 5. The quantitative estimate of drug-likeness (QED) is 0.890. The van der Waals surface area contributed by atoms with E-state index in [2.05, 4.69) is 0 Å². The van der Waals surface area contributed by atoms with Gasteiger partial charge in [0.05, 0.1) is 11.3 Å². The van der Waals surface area contributed by atoms with Gasteiger partial charge >= 0.3 is 0 Å². The molecule has 5 heteroatoms. The number of nitrogens with two attached hydrogens (primary N) is 1. The van der Waals surface area contributed by atoms with Gasteiger partial charge in [0, 0.05) is 5.75 Å². The zero-order valence-corrected chi connectivity index (χ0v) is 12.1. The van der Waals surface area contributed by atoms with E-state index in [4.69, 9.17) is 10.5 Å². The second kappa shape index (κ2) is 5.51. The van der Waals surface area contributed by atoms with Gasteiger partial charge in [0.15, 0.2) is 0 Å². The molecule has 0 spiro atoms. The van der Waals surface area contributed by atoms with Crippen molar-refractivity contribution in [2.75, 3.05) is 18.1 Å². The summed E-state index contributed by atoms with van der Waals surface area (Å²) in [6.45, 7) is 2.13. The summed E-state index contributed by atoms with van der Waals surface area (Å²) in [5.41, 5.74) is 6.98. The Morgan fingerprint density at radius 1 is 1.37 bits per heavy atom. The van der Waals surface area contributed by atoms with Gasteiger partial charge in [0.2, 0.25) is 0 Å². The standard InChI is InChI=1S/C14H21NO3S/c1-2-19(16,17)9-5-8-14(15)10-12-6-3-4-7-13(12)18-11-14/h3-4,6-7H,2,5,8-11,15H2,1H3. The van der Waals surface area contributed by atoms with Gasteiger partial charge in [0.1, 0.15) is 22.2 Å². The van der Waals surface area contributed by atoms with Gasteiger partial charge in [0.25, 0.3) is 0 Å². The van der Waals surface area contributed by atoms with Gasteiger partial charge in [-0.25, -0.2) is 8.42 Å². The van der Waals surface area contributed by atoms with Crippen LogP contribution in [0.2, 0.25) is 0 Å². The fourth-order valence-electron chi connectivity index (χ4n) is 2.39. The van der Waals surface area contributed by atoms with Crippen molar-refractivity contribution in [3.8, 4) is 5.75 Å². The molecule has 1 aliphatic heterocycles. The highest BCUT2D eigenvalue weighted by Gasteiger charge is 2.31. The molecule has 0 fully saturated rings. The molecule has 106 valence electrons. The summed E-state index contributed by atoms with van der Waals surface area (Å²) in [7, 11) is -2.90. The summed E-state index contributed by atoms with van der Waals surface area (Å²) < 4.78 is 28.6. The highest BCUT2D eigenvalue weighted by molar-refractivity contribution is 7.91. The molecule has 0 radical (unpaired) electrons. The van der Waals surface area contributed by atoms with E-state index in [1.54, 1.807) is 6.92 Å². The van der Waals surface area contributed by atoms with E-state index in [1.165, 1.54) is 0 Å². The maximum atomic E-state index is 11.5. The lowest BCUT2D eigenvalue weighted by Crippen LogP contribution is -2.50. The molecule has 0 bridgehead atoms. The van der Waals surface area contributed by atoms with Crippen LogP contribution in [0.3, 0.4) is 0 Å². The normalized spacial score (nSPS) is 22.6. The molecule has 4 nitrogen and oxygen atoms in total. The van der Waals surface area contributed by atoms with E-state index < -0.39 is 15.4 Å². The highest BCUT2D eigenvalue weighted by Crippen LogP contribution is 2.30. The van der Waals surface area contributed by atoms with E-state index in [-0.39, 0.29) is 11.5 Å². The first kappa shape index (κ1) is 14.3. The highest BCUT2D eigenvalue weighted by atomic mass is 32.2. The lowest BCUT2D eigenvalue weighted by atomic mass is 9.86. The number of hydrogen-bond donors (Lipinski definition) is 1. The van der Waals surface area contributed by atoms with Crippen LogP contribution >= 0.6 is 0 Å². The molecular weight excluding hydrogens is 262 g/mol. The van der Waals surface area contributed by atoms with Crippen molar-refractivity contribution in [3.63, 3.8) is 0 Å². The zero-order valence-electron chi connectivity index (χ0n) is 11.3. The summed E-state index contributed by atoms with van der Waals surface area (Å²) in [6.07, 6.45) is 2.01. The Morgan fingerprint density at radius 3 is 2.84 bits per heavy atom. The molecule has 0 aromatic heterocycles. The average molecular weight is 283 g/mol. The average Bonchev–Trinajstić information content (AvgIpc) is 2.38. The Bertz CT molecular complexity index is 541. The van der Waals surface area contributed by atoms with Gasteiger partial charge < -0.3 is 10.5 Å². The first-order valence-electron chi connectivity index (χ1n) is 6.64. The van der Waals surface area contributed by atoms with E-state index in [0.717, 1.165) is 17.7 Å². The number of ether oxygens (including phenoxy) is 1. The Morgan fingerprint density at radius 2 is 2.11 bits per heavy atom. The van der Waals surface area contributed by atoms with Gasteiger partial charge in [-0.15, -0.1) is 0 Å². The summed E-state index contributed by atoms with van der Waals surface area (Å²) in [5.74, 6) is 1.30. The fourth-order valence-corrected chi connectivity index (χ4v) is 3.26. The Kier molecular flexibility index (Phi) is 4.16. The van der Waals surface area contributed by atoms with Gasteiger partial charge in [-0.2, -0.15) is 0 Å². The Balaban J connectivity index is 1.95. The van der Waals surface area contributed by atoms with Crippen LogP contribution in [-0.4, -0.2) is 32.1 Å². The first-order chi connectivity index (χ1) is 8.94. The van der Waals surface area contributed by atoms with Crippen molar-refractivity contribution in [1.29, 1.82) is 0 Å². The molecule has 1 aliphatic rings. The molecule has 1 atom stereocenters. The van der Waals surface area contributed by atoms with Crippen molar-refractivity contribution in [2.24, 2.45) is 5.73 Å². The van der Waals surface area contributed by atoms with Gasteiger partial charge in [-0.05, 0) is 30.9 Å². The molecule has 1 aromatic carbocycles. The van der Waals surface area contributed by atoms with Crippen LogP contribution in [0.4, 0.5) is 0 Å². The fraction of sp³-hybridized carbons (Fsp3) is 0.571.